The second-order valence-corrected chi connectivity index (χ2v) is 8.20. The summed E-state index contributed by atoms with van der Waals surface area (Å²) in [7, 11) is 0. The van der Waals surface area contributed by atoms with Crippen LogP contribution in [-0.2, 0) is 50.3 Å². The van der Waals surface area contributed by atoms with Crippen molar-refractivity contribution in [2.24, 2.45) is 0 Å². The molecule has 0 N–H and O–H groups in total. The van der Waals surface area contributed by atoms with Crippen LogP contribution in [0, 0.1) is 151 Å². The van der Waals surface area contributed by atoms with E-state index in [1.807, 2.05) is 146 Å². The number of amides is 2. The van der Waals surface area contributed by atoms with Crippen LogP contribution in [0.3, 0.4) is 0 Å². The van der Waals surface area contributed by atoms with Gasteiger partial charge in [-0.05, 0) is 121 Å². The predicted octanol–water partition coefficient (Wildman–Crippen LogP) is 4.71. The predicted molar refractivity (Wildman–Crippen MR) is 148 cm³/mol. The van der Waals surface area contributed by atoms with Crippen LogP contribution in [0.2, 0.25) is 0 Å². The number of benzene rings is 1. The van der Waals surface area contributed by atoms with Gasteiger partial charge in [-0.1, -0.05) is 54.0 Å². The normalized spacial score (nSPS) is 20.2. The Hall–Kier alpha value is -1.74. The largest absolute Gasteiger partial charge is 2.00 e. The first-order chi connectivity index (χ1) is 18.7. The van der Waals surface area contributed by atoms with Crippen molar-refractivity contribution in [2.45, 2.75) is 6.54 Å². The van der Waals surface area contributed by atoms with Crippen molar-refractivity contribution >= 4 is 11.8 Å². The van der Waals surface area contributed by atoms with Crippen molar-refractivity contribution in [1.29, 1.82) is 0 Å². The number of carbonyl (C=O) groups is 2. The Labute approximate surface area is 264 Å². The summed E-state index contributed by atoms with van der Waals surface area (Å²) in [6, 6.07) is 9.40. The summed E-state index contributed by atoms with van der Waals surface area (Å²) in [6.07, 6.45) is 34.9. The fraction of sp³-hybridized carbons (Fsp3) is 0.0286. The maximum absolute atomic E-state index is 12.9. The Bertz CT molecular complexity index is 988. The standard InChI is InChI=1S/C25H15NO2.2C5H5.2Fe/c27-24-22(16-14-19-8-4-5-9-19)23(17-15-20-10-6-7-11-20)25(28)26(24)18-21-12-2-1-3-13-21;2*1-2-4-5-3-1;;/h1-13H,18H2;2*1-5H;;/q;;;2*+2. The van der Waals surface area contributed by atoms with Crippen LogP contribution >= 0.6 is 0 Å². The number of carbonyl (C=O) groups excluding carboxylic acids is 2. The second kappa shape index (κ2) is 19.4. The molecule has 6 rings (SSSR count). The van der Waals surface area contributed by atoms with E-state index < -0.39 is 11.8 Å². The van der Waals surface area contributed by atoms with Crippen molar-refractivity contribution in [3.05, 3.63) is 174 Å². The maximum Gasteiger partial charge on any atom is 2.00 e. The smallest absolute Gasteiger partial charge is 0.269 e. The van der Waals surface area contributed by atoms with E-state index in [0.717, 1.165) is 17.4 Å². The summed E-state index contributed by atoms with van der Waals surface area (Å²) < 4.78 is 0. The molecule has 1 aromatic rings. The van der Waals surface area contributed by atoms with Gasteiger partial charge in [-0.25, -0.2) is 0 Å². The summed E-state index contributed by atoms with van der Waals surface area (Å²) in [4.78, 5) is 27.1. The maximum atomic E-state index is 12.9. The van der Waals surface area contributed by atoms with E-state index in [9.17, 15) is 9.59 Å². The fourth-order valence-corrected chi connectivity index (χ4v) is 3.54. The molecular weight excluding hydrogens is 578 g/mol. The van der Waals surface area contributed by atoms with Gasteiger partial charge in [0.15, 0.2) is 0 Å². The number of rotatable bonds is 2. The van der Waals surface area contributed by atoms with Crippen molar-refractivity contribution in [2.75, 3.05) is 0 Å². The zero-order valence-corrected chi connectivity index (χ0v) is 23.7. The van der Waals surface area contributed by atoms with Crippen molar-refractivity contribution in [1.82, 2.24) is 4.90 Å². The SMILES string of the molecule is O=C1C(C#C[C]2[CH][CH][CH][CH]2)=C(C#C[C]2[CH][CH][CH][CH]2)C(=O)N1Cc1ccccc1.[CH]1[CH][CH][CH][CH]1.[CH]1[CH][CH][CH][CH]1.[Fe+2].[Fe+2]. The average molecular weight is 603 g/mol. The Morgan fingerprint density at radius 1 is 0.475 bits per heavy atom. The van der Waals surface area contributed by atoms with Gasteiger partial charge in [-0.3, -0.25) is 14.5 Å². The Morgan fingerprint density at radius 2 is 0.825 bits per heavy atom. The first kappa shape index (κ1) is 34.5. The van der Waals surface area contributed by atoms with E-state index in [1.165, 1.54) is 4.90 Å². The summed E-state index contributed by atoms with van der Waals surface area (Å²) in [6.45, 7) is 0.196. The van der Waals surface area contributed by atoms with Crippen LogP contribution in [0.1, 0.15) is 5.56 Å². The van der Waals surface area contributed by atoms with Crippen LogP contribution in [0.25, 0.3) is 0 Å². The molecule has 5 aliphatic rings. The quantitative estimate of drug-likeness (QED) is 0.279. The van der Waals surface area contributed by atoms with Gasteiger partial charge >= 0.3 is 34.1 Å². The minimum Gasteiger partial charge on any atom is -0.269 e. The van der Waals surface area contributed by atoms with Crippen LogP contribution in [0.15, 0.2) is 41.5 Å². The minimum atomic E-state index is -0.403. The van der Waals surface area contributed by atoms with Gasteiger partial charge in [0.25, 0.3) is 11.8 Å². The number of hydrogen-bond donors (Lipinski definition) is 0. The number of imide groups is 1. The topological polar surface area (TPSA) is 37.4 Å². The van der Waals surface area contributed by atoms with Gasteiger partial charge in [-0.15, -0.1) is 0 Å². The summed E-state index contributed by atoms with van der Waals surface area (Å²) >= 11 is 0. The molecule has 0 aromatic heterocycles. The molecule has 0 atom stereocenters. The molecule has 4 saturated carbocycles. The third kappa shape index (κ3) is 10.9. The average Bonchev–Trinajstić information content (AvgIpc) is 3.78. The molecule has 194 valence electrons. The molecule has 3 nitrogen and oxygen atoms in total. The zero-order valence-electron chi connectivity index (χ0n) is 21.5. The first-order valence-corrected chi connectivity index (χ1v) is 12.2. The van der Waals surface area contributed by atoms with Crippen molar-refractivity contribution in [3.63, 3.8) is 0 Å². The molecule has 2 amide bonds. The zero-order chi connectivity index (χ0) is 26.4. The van der Waals surface area contributed by atoms with E-state index in [1.54, 1.807) is 0 Å². The van der Waals surface area contributed by atoms with Crippen LogP contribution in [0.4, 0.5) is 0 Å². The van der Waals surface area contributed by atoms with Crippen LogP contribution in [0.5, 0.6) is 0 Å². The molecule has 4 fully saturated rings. The monoisotopic (exact) mass is 603 g/mol. The molecule has 4 aliphatic carbocycles. The molecule has 20 radical (unpaired) electrons. The van der Waals surface area contributed by atoms with E-state index in [-0.39, 0.29) is 51.8 Å². The third-order valence-corrected chi connectivity index (χ3v) is 5.45. The molecule has 1 aliphatic heterocycles. The van der Waals surface area contributed by atoms with E-state index >= 15 is 0 Å². The molecular formula is C35H25Fe2NO2+4. The molecule has 0 spiro atoms. The summed E-state index contributed by atoms with van der Waals surface area (Å²) in [5, 5.41) is 0. The summed E-state index contributed by atoms with van der Waals surface area (Å²) in [5.74, 6) is 12.4. The number of nitrogens with zero attached hydrogens (tertiary/aromatic N) is 1. The molecule has 5 heteroatoms. The van der Waals surface area contributed by atoms with Crippen molar-refractivity contribution < 1.29 is 43.7 Å². The van der Waals surface area contributed by atoms with Gasteiger partial charge in [-0.2, -0.15) is 0 Å². The third-order valence-electron chi connectivity index (χ3n) is 5.45. The van der Waals surface area contributed by atoms with Gasteiger partial charge in [0.2, 0.25) is 0 Å². The van der Waals surface area contributed by atoms with Crippen molar-refractivity contribution in [3.8, 4) is 23.7 Å². The van der Waals surface area contributed by atoms with E-state index in [2.05, 4.69) is 23.7 Å². The van der Waals surface area contributed by atoms with Gasteiger partial charge in [0, 0.05) is 0 Å². The molecule has 0 unspecified atom stereocenters. The molecule has 1 aromatic carbocycles. The minimum absolute atomic E-state index is 0. The van der Waals surface area contributed by atoms with Gasteiger partial charge in [0.1, 0.15) is 11.1 Å². The molecule has 0 bridgehead atoms. The van der Waals surface area contributed by atoms with Crippen LogP contribution in [-0.4, -0.2) is 16.7 Å². The fourth-order valence-electron chi connectivity index (χ4n) is 3.54. The Kier molecular flexibility index (Phi) is 16.7. The molecule has 0 saturated heterocycles. The Balaban J connectivity index is 0.000000392. The second-order valence-electron chi connectivity index (χ2n) is 8.20. The van der Waals surface area contributed by atoms with Gasteiger partial charge in [0.05, 0.1) is 18.4 Å². The molecule has 1 heterocycles. The first-order valence-electron chi connectivity index (χ1n) is 12.2. The van der Waals surface area contributed by atoms with E-state index in [0.29, 0.717) is 0 Å². The van der Waals surface area contributed by atoms with E-state index in [4.69, 9.17) is 0 Å². The van der Waals surface area contributed by atoms with Crippen LogP contribution < -0.4 is 0 Å². The van der Waals surface area contributed by atoms with Gasteiger partial charge < -0.3 is 0 Å². The molecule has 40 heavy (non-hydrogen) atoms. The summed E-state index contributed by atoms with van der Waals surface area (Å²) in [5.41, 5.74) is 1.18. The number of hydrogen-bond acceptors (Lipinski definition) is 2. The Morgan fingerprint density at radius 3 is 1.18 bits per heavy atom.